The van der Waals surface area contributed by atoms with Gasteiger partial charge in [0, 0.05) is 5.92 Å². The van der Waals surface area contributed by atoms with Crippen molar-refractivity contribution in [1.82, 2.24) is 0 Å². The standard InChI is InChI=1S/C20H36O9/c1-4-6-7-8-12(5-2)28-20-18(25)17(24)16(23)14(29-20)10-27-19-11(3)15(22)13(21)9-26-19/h5,11-25H,2,4,6-10H2,1,3H3. The number of rotatable bonds is 10. The van der Waals surface area contributed by atoms with Crippen molar-refractivity contribution in [3.05, 3.63) is 12.7 Å². The molecule has 2 fully saturated rings. The summed E-state index contributed by atoms with van der Waals surface area (Å²) >= 11 is 0. The highest BCUT2D eigenvalue weighted by molar-refractivity contribution is 4.91. The molecule has 2 rings (SSSR count). The Hall–Kier alpha value is -0.620. The fourth-order valence-corrected chi connectivity index (χ4v) is 3.52. The van der Waals surface area contributed by atoms with Crippen LogP contribution in [-0.2, 0) is 18.9 Å². The van der Waals surface area contributed by atoms with E-state index in [9.17, 15) is 25.5 Å². The van der Waals surface area contributed by atoms with E-state index >= 15 is 0 Å². The van der Waals surface area contributed by atoms with Crippen molar-refractivity contribution in [2.24, 2.45) is 5.92 Å². The van der Waals surface area contributed by atoms with E-state index in [-0.39, 0.29) is 19.3 Å². The van der Waals surface area contributed by atoms with Crippen LogP contribution in [0.4, 0.5) is 0 Å². The molecule has 2 aliphatic rings. The van der Waals surface area contributed by atoms with Gasteiger partial charge in [0.1, 0.15) is 30.5 Å². The predicted octanol–water partition coefficient (Wildman–Crippen LogP) is -0.324. The Morgan fingerprint density at radius 1 is 1.03 bits per heavy atom. The minimum atomic E-state index is -1.47. The third kappa shape index (κ3) is 6.43. The van der Waals surface area contributed by atoms with Crippen molar-refractivity contribution in [2.45, 2.75) is 94.8 Å². The quantitative estimate of drug-likeness (QED) is 0.238. The highest BCUT2D eigenvalue weighted by Gasteiger charge is 2.46. The van der Waals surface area contributed by atoms with Crippen molar-refractivity contribution in [3.63, 3.8) is 0 Å². The van der Waals surface area contributed by atoms with E-state index in [0.717, 1.165) is 19.3 Å². The number of aliphatic hydroxyl groups excluding tert-OH is 5. The molecule has 9 nitrogen and oxygen atoms in total. The van der Waals surface area contributed by atoms with Crippen LogP contribution in [0.25, 0.3) is 0 Å². The maximum absolute atomic E-state index is 10.3. The molecule has 0 aromatic heterocycles. The molecular formula is C20H36O9. The summed E-state index contributed by atoms with van der Waals surface area (Å²) < 4.78 is 22.4. The minimum absolute atomic E-state index is 0.0733. The SMILES string of the molecule is C=CC(CCCCC)OC1OC(COC2OCC(O)C(O)C2C)C(O)C(O)C1O. The van der Waals surface area contributed by atoms with Gasteiger partial charge in [0.05, 0.1) is 25.4 Å². The van der Waals surface area contributed by atoms with E-state index in [1.807, 2.05) is 0 Å². The van der Waals surface area contributed by atoms with Gasteiger partial charge in [-0.2, -0.15) is 0 Å². The monoisotopic (exact) mass is 420 g/mol. The largest absolute Gasteiger partial charge is 0.390 e. The van der Waals surface area contributed by atoms with Crippen LogP contribution in [0.3, 0.4) is 0 Å². The van der Waals surface area contributed by atoms with Crippen molar-refractivity contribution >= 4 is 0 Å². The fourth-order valence-electron chi connectivity index (χ4n) is 3.52. The first kappa shape index (κ1) is 24.6. The first-order valence-electron chi connectivity index (χ1n) is 10.4. The maximum Gasteiger partial charge on any atom is 0.187 e. The second-order valence-corrected chi connectivity index (χ2v) is 7.87. The van der Waals surface area contributed by atoms with Gasteiger partial charge in [0.15, 0.2) is 12.6 Å². The van der Waals surface area contributed by atoms with Gasteiger partial charge in [0.25, 0.3) is 0 Å². The number of ether oxygens (including phenoxy) is 4. The Kier molecular flexibility index (Phi) is 9.93. The van der Waals surface area contributed by atoms with Crippen molar-refractivity contribution < 1.29 is 44.5 Å². The molecule has 10 atom stereocenters. The molecule has 0 saturated carbocycles. The van der Waals surface area contributed by atoms with Gasteiger partial charge >= 0.3 is 0 Å². The number of hydrogen-bond acceptors (Lipinski definition) is 9. The first-order valence-corrected chi connectivity index (χ1v) is 10.4. The molecule has 170 valence electrons. The van der Waals surface area contributed by atoms with Crippen LogP contribution in [0.2, 0.25) is 0 Å². The predicted molar refractivity (Wildman–Crippen MR) is 103 cm³/mol. The highest BCUT2D eigenvalue weighted by atomic mass is 16.7. The second kappa shape index (κ2) is 11.7. The highest BCUT2D eigenvalue weighted by Crippen LogP contribution is 2.27. The number of aliphatic hydroxyl groups is 5. The van der Waals surface area contributed by atoms with E-state index in [0.29, 0.717) is 6.42 Å². The van der Waals surface area contributed by atoms with Crippen LogP contribution in [-0.4, -0.2) is 94.1 Å². The van der Waals surface area contributed by atoms with E-state index in [1.165, 1.54) is 0 Å². The number of unbranched alkanes of at least 4 members (excludes halogenated alkanes) is 2. The molecule has 0 aromatic rings. The zero-order valence-corrected chi connectivity index (χ0v) is 17.2. The van der Waals surface area contributed by atoms with Gasteiger partial charge < -0.3 is 44.5 Å². The molecule has 2 saturated heterocycles. The molecule has 2 aliphatic heterocycles. The molecule has 2 heterocycles. The molecule has 0 radical (unpaired) electrons. The Morgan fingerprint density at radius 3 is 2.41 bits per heavy atom. The van der Waals surface area contributed by atoms with Gasteiger partial charge in [-0.25, -0.2) is 0 Å². The van der Waals surface area contributed by atoms with Gasteiger partial charge in [-0.05, 0) is 6.42 Å². The lowest BCUT2D eigenvalue weighted by molar-refractivity contribution is -0.321. The summed E-state index contributed by atoms with van der Waals surface area (Å²) in [5, 5.41) is 50.3. The zero-order chi connectivity index (χ0) is 21.6. The van der Waals surface area contributed by atoms with Crippen LogP contribution in [0, 0.1) is 5.92 Å². The molecule has 0 spiro atoms. The summed E-state index contributed by atoms with van der Waals surface area (Å²) in [6.07, 6.45) is -4.18. The molecule has 10 unspecified atom stereocenters. The van der Waals surface area contributed by atoms with Crippen LogP contribution in [0.5, 0.6) is 0 Å². The summed E-state index contributed by atoms with van der Waals surface area (Å²) in [6, 6.07) is 0. The molecule has 0 amide bonds. The van der Waals surface area contributed by atoms with Gasteiger partial charge in [-0.15, -0.1) is 6.58 Å². The summed E-state index contributed by atoms with van der Waals surface area (Å²) in [4.78, 5) is 0. The minimum Gasteiger partial charge on any atom is -0.390 e. The summed E-state index contributed by atoms with van der Waals surface area (Å²) in [7, 11) is 0. The van der Waals surface area contributed by atoms with Crippen LogP contribution in [0.15, 0.2) is 12.7 Å². The lowest BCUT2D eigenvalue weighted by Gasteiger charge is -2.42. The van der Waals surface area contributed by atoms with E-state index in [4.69, 9.17) is 18.9 Å². The third-order valence-electron chi connectivity index (χ3n) is 5.55. The zero-order valence-electron chi connectivity index (χ0n) is 17.2. The molecule has 0 aliphatic carbocycles. The van der Waals surface area contributed by atoms with Crippen LogP contribution >= 0.6 is 0 Å². The third-order valence-corrected chi connectivity index (χ3v) is 5.55. The maximum atomic E-state index is 10.3. The van der Waals surface area contributed by atoms with E-state index in [1.54, 1.807) is 13.0 Å². The number of hydrogen-bond donors (Lipinski definition) is 5. The Bertz CT molecular complexity index is 491. The van der Waals surface area contributed by atoms with Crippen LogP contribution < -0.4 is 0 Å². The van der Waals surface area contributed by atoms with E-state index in [2.05, 4.69) is 13.5 Å². The molecule has 0 bridgehead atoms. The van der Waals surface area contributed by atoms with Gasteiger partial charge in [0.2, 0.25) is 0 Å². The summed E-state index contributed by atoms with van der Waals surface area (Å²) in [6.45, 7) is 7.28. The molecule has 0 aromatic carbocycles. The lowest BCUT2D eigenvalue weighted by Crippen LogP contribution is -2.60. The van der Waals surface area contributed by atoms with E-state index < -0.39 is 55.1 Å². The smallest absolute Gasteiger partial charge is 0.187 e. The van der Waals surface area contributed by atoms with Crippen molar-refractivity contribution in [1.29, 1.82) is 0 Å². The Labute approximate surface area is 171 Å². The Morgan fingerprint density at radius 2 is 1.76 bits per heavy atom. The molecule has 5 N–H and O–H groups in total. The molecular weight excluding hydrogens is 384 g/mol. The van der Waals surface area contributed by atoms with Gasteiger partial charge in [-0.1, -0.05) is 39.2 Å². The normalized spacial score (nSPS) is 41.8. The second-order valence-electron chi connectivity index (χ2n) is 7.87. The summed E-state index contributed by atoms with van der Waals surface area (Å²) in [5.74, 6) is -0.495. The first-order chi connectivity index (χ1) is 13.8. The molecule has 9 heteroatoms. The van der Waals surface area contributed by atoms with Crippen molar-refractivity contribution in [2.75, 3.05) is 13.2 Å². The topological polar surface area (TPSA) is 138 Å². The van der Waals surface area contributed by atoms with Crippen LogP contribution in [0.1, 0.15) is 39.5 Å². The average Bonchev–Trinajstić information content (AvgIpc) is 2.71. The summed E-state index contributed by atoms with van der Waals surface area (Å²) in [5.41, 5.74) is 0. The molecule has 29 heavy (non-hydrogen) atoms. The average molecular weight is 420 g/mol. The fraction of sp³-hybridized carbons (Fsp3) is 0.900. The van der Waals surface area contributed by atoms with Crippen molar-refractivity contribution in [3.8, 4) is 0 Å². The lowest BCUT2D eigenvalue weighted by atomic mass is 9.96. The van der Waals surface area contributed by atoms with Gasteiger partial charge in [-0.3, -0.25) is 0 Å². The Balaban J connectivity index is 1.93.